The number of ether oxygens (including phenoxy) is 1. The minimum Gasteiger partial charge on any atom is -0.385 e. The zero-order valence-corrected chi connectivity index (χ0v) is 20.2. The molecule has 4 atom stereocenters. The van der Waals surface area contributed by atoms with Gasteiger partial charge in [0.1, 0.15) is 12.2 Å². The van der Waals surface area contributed by atoms with Gasteiger partial charge in [0.05, 0.1) is 27.7 Å². The number of carbonyl (C=O) groups is 2. The number of H-pyrrole nitrogens is 1. The van der Waals surface area contributed by atoms with E-state index in [1.165, 1.54) is 0 Å². The van der Waals surface area contributed by atoms with Gasteiger partial charge in [-0.05, 0) is 12.1 Å². The molecule has 41 heavy (non-hydrogen) atoms. The number of rotatable bonds is 2. The van der Waals surface area contributed by atoms with Crippen LogP contribution in [0.2, 0.25) is 0 Å². The van der Waals surface area contributed by atoms with Gasteiger partial charge in [0.25, 0.3) is 11.8 Å². The van der Waals surface area contributed by atoms with Gasteiger partial charge in [-0.2, -0.15) is 0 Å². The fourth-order valence-corrected chi connectivity index (χ4v) is 5.97. The second kappa shape index (κ2) is 8.19. The lowest BCUT2D eigenvalue weighted by Crippen LogP contribution is -2.61. The zero-order valence-electron chi connectivity index (χ0n) is 20.2. The highest BCUT2D eigenvalue weighted by molar-refractivity contribution is 6.39. The molecular formula is C26H16F6N4O5. The first-order chi connectivity index (χ1) is 19.4. The number of amides is 2. The van der Waals surface area contributed by atoms with Crippen LogP contribution in [0.15, 0.2) is 24.3 Å². The molecule has 5 aromatic rings. The number of aromatic nitrogens is 2. The van der Waals surface area contributed by atoms with Crippen molar-refractivity contribution in [3.8, 4) is 0 Å². The van der Waals surface area contributed by atoms with Crippen LogP contribution in [0.5, 0.6) is 0 Å². The Bertz CT molecular complexity index is 2020. The maximum atomic E-state index is 14.7. The van der Waals surface area contributed by atoms with Gasteiger partial charge in [-0.1, -0.05) is 0 Å². The Balaban J connectivity index is 1.73. The van der Waals surface area contributed by atoms with Gasteiger partial charge in [0.15, 0.2) is 35.6 Å². The van der Waals surface area contributed by atoms with Crippen LogP contribution in [0.4, 0.5) is 26.3 Å². The number of halogens is 6. The van der Waals surface area contributed by atoms with Crippen LogP contribution in [0.1, 0.15) is 26.9 Å². The summed E-state index contributed by atoms with van der Waals surface area (Å²) in [6.45, 7) is -0.819. The van der Waals surface area contributed by atoms with E-state index in [1.54, 1.807) is 0 Å². The van der Waals surface area contributed by atoms with Gasteiger partial charge in [-0.25, -0.2) is 26.3 Å². The van der Waals surface area contributed by atoms with E-state index in [0.29, 0.717) is 12.1 Å². The van der Waals surface area contributed by atoms with E-state index in [2.05, 4.69) is 10.3 Å². The SMILES string of the molecule is NCC1OC(n2c3cc(F)c(F)cc3c3c4c(c5c6cc(F)c(F)cc6[nH]c5c32)C(=O)NC4=O)C(O)C(O)C1(F)F. The van der Waals surface area contributed by atoms with Crippen LogP contribution in [-0.4, -0.2) is 62.4 Å². The van der Waals surface area contributed by atoms with Gasteiger partial charge in [0, 0.05) is 45.7 Å². The fourth-order valence-electron chi connectivity index (χ4n) is 5.97. The number of benzene rings is 3. The number of fused-ring (bicyclic) bond motifs is 10. The average Bonchev–Trinajstić information content (AvgIpc) is 3.52. The third kappa shape index (κ3) is 3.16. The Labute approximate surface area is 223 Å². The monoisotopic (exact) mass is 578 g/mol. The van der Waals surface area contributed by atoms with E-state index in [-0.39, 0.29) is 54.7 Å². The first-order valence-corrected chi connectivity index (χ1v) is 12.1. The molecule has 15 heteroatoms. The highest BCUT2D eigenvalue weighted by Crippen LogP contribution is 2.48. The molecule has 2 aliphatic heterocycles. The van der Waals surface area contributed by atoms with Gasteiger partial charge in [-0.15, -0.1) is 0 Å². The van der Waals surface area contributed by atoms with Gasteiger partial charge >= 0.3 is 5.92 Å². The van der Waals surface area contributed by atoms with E-state index in [9.17, 15) is 46.1 Å². The number of alkyl halides is 2. The molecule has 0 radical (unpaired) electrons. The molecule has 6 N–H and O–H groups in total. The third-order valence-corrected chi connectivity index (χ3v) is 7.76. The summed E-state index contributed by atoms with van der Waals surface area (Å²) in [5.74, 6) is -11.2. The molecule has 2 aliphatic rings. The van der Waals surface area contributed by atoms with Gasteiger partial charge in [-0.3, -0.25) is 14.9 Å². The summed E-state index contributed by atoms with van der Waals surface area (Å²) < 4.78 is 93.6. The minimum absolute atomic E-state index is 0.0485. The molecule has 0 bridgehead atoms. The third-order valence-electron chi connectivity index (χ3n) is 7.76. The number of nitrogens with zero attached hydrogens (tertiary/aromatic N) is 1. The summed E-state index contributed by atoms with van der Waals surface area (Å²) >= 11 is 0. The predicted octanol–water partition coefficient (Wildman–Crippen LogP) is 3.08. The van der Waals surface area contributed by atoms with Crippen molar-refractivity contribution in [2.45, 2.75) is 30.5 Å². The molecule has 0 saturated carbocycles. The zero-order chi connectivity index (χ0) is 29.3. The van der Waals surface area contributed by atoms with Crippen molar-refractivity contribution in [1.29, 1.82) is 0 Å². The van der Waals surface area contributed by atoms with E-state index >= 15 is 0 Å². The number of imide groups is 1. The average molecular weight is 578 g/mol. The van der Waals surface area contributed by atoms with Crippen molar-refractivity contribution in [3.63, 3.8) is 0 Å². The van der Waals surface area contributed by atoms with Crippen LogP contribution in [0.25, 0.3) is 43.6 Å². The summed E-state index contributed by atoms with van der Waals surface area (Å²) in [5, 5.41) is 22.8. The summed E-state index contributed by atoms with van der Waals surface area (Å²) in [5.41, 5.74) is 4.21. The summed E-state index contributed by atoms with van der Waals surface area (Å²) in [7, 11) is 0. The first kappa shape index (κ1) is 25.8. The molecule has 3 aromatic carbocycles. The van der Waals surface area contributed by atoms with Gasteiger partial charge < -0.3 is 30.2 Å². The molecule has 0 aliphatic carbocycles. The van der Waals surface area contributed by atoms with Crippen LogP contribution in [0, 0.1) is 23.3 Å². The molecule has 1 saturated heterocycles. The maximum Gasteiger partial charge on any atom is 0.302 e. The van der Waals surface area contributed by atoms with Crippen LogP contribution in [0.3, 0.4) is 0 Å². The number of nitrogens with two attached hydrogens (primary N) is 1. The van der Waals surface area contributed by atoms with Crippen molar-refractivity contribution < 1.29 is 50.9 Å². The normalized spacial score (nSPS) is 24.2. The van der Waals surface area contributed by atoms with Crippen molar-refractivity contribution in [1.82, 2.24) is 14.9 Å². The largest absolute Gasteiger partial charge is 0.385 e. The highest BCUT2D eigenvalue weighted by Gasteiger charge is 2.58. The van der Waals surface area contributed by atoms with Crippen molar-refractivity contribution in [2.75, 3.05) is 6.54 Å². The Morgan fingerprint density at radius 1 is 0.902 bits per heavy atom. The Hall–Kier alpha value is -4.18. The standard InChI is InChI=1S/C26H16F6N4O5/c27-8-1-6-12(3-10(8)29)34-19-15(6)17-18(24(40)35-23(17)39)16-7-2-9(28)11(30)4-13(7)36(20(16)19)25-21(37)22(38)26(31,32)14(5-33)41-25/h1-4,14,21-22,25,34,37-38H,5,33H2,(H,35,39,40). The van der Waals surface area contributed by atoms with Crippen molar-refractivity contribution in [2.24, 2.45) is 5.73 Å². The lowest BCUT2D eigenvalue weighted by Gasteiger charge is -2.43. The lowest BCUT2D eigenvalue weighted by molar-refractivity contribution is -0.301. The Morgan fingerprint density at radius 2 is 1.49 bits per heavy atom. The van der Waals surface area contributed by atoms with Crippen LogP contribution < -0.4 is 11.1 Å². The molecule has 2 aromatic heterocycles. The molecule has 0 spiro atoms. The topological polar surface area (TPSA) is 143 Å². The number of carbonyl (C=O) groups excluding carboxylic acids is 2. The van der Waals surface area contributed by atoms with E-state index < -0.39 is 72.1 Å². The van der Waals surface area contributed by atoms with Crippen molar-refractivity contribution in [3.05, 3.63) is 58.7 Å². The van der Waals surface area contributed by atoms with E-state index in [1.807, 2.05) is 0 Å². The number of nitrogens with one attached hydrogen (secondary N) is 2. The molecule has 2 amide bonds. The van der Waals surface area contributed by atoms with Crippen LogP contribution >= 0.6 is 0 Å². The summed E-state index contributed by atoms with van der Waals surface area (Å²) in [6.07, 6.45) is -9.18. The molecule has 212 valence electrons. The molecule has 1 fully saturated rings. The number of aliphatic hydroxyl groups excluding tert-OH is 2. The molecule has 7 rings (SSSR count). The summed E-state index contributed by atoms with van der Waals surface area (Å²) in [4.78, 5) is 28.9. The minimum atomic E-state index is -4.01. The molecule has 9 nitrogen and oxygen atoms in total. The smallest absolute Gasteiger partial charge is 0.302 e. The molecule has 4 heterocycles. The first-order valence-electron chi connectivity index (χ1n) is 12.1. The number of hydrogen-bond donors (Lipinski definition) is 5. The second-order valence-electron chi connectivity index (χ2n) is 9.96. The fraction of sp³-hybridized carbons (Fsp3) is 0.231. The Kier molecular flexibility index (Phi) is 5.15. The Morgan fingerprint density at radius 3 is 2.15 bits per heavy atom. The second-order valence-corrected chi connectivity index (χ2v) is 9.96. The number of aliphatic hydroxyl groups is 2. The van der Waals surface area contributed by atoms with E-state index in [4.69, 9.17) is 10.5 Å². The molecular weight excluding hydrogens is 562 g/mol. The molecule has 4 unspecified atom stereocenters. The quantitative estimate of drug-likeness (QED) is 0.161. The van der Waals surface area contributed by atoms with Crippen molar-refractivity contribution >= 4 is 55.4 Å². The maximum absolute atomic E-state index is 14.7. The van der Waals surface area contributed by atoms with Crippen LogP contribution in [-0.2, 0) is 4.74 Å². The number of hydrogen-bond acceptors (Lipinski definition) is 6. The van der Waals surface area contributed by atoms with E-state index in [0.717, 1.165) is 16.7 Å². The lowest BCUT2D eigenvalue weighted by atomic mass is 9.95. The summed E-state index contributed by atoms with van der Waals surface area (Å²) in [6, 6.07) is 2.92. The number of aromatic amines is 1. The predicted molar refractivity (Wildman–Crippen MR) is 130 cm³/mol. The van der Waals surface area contributed by atoms with Gasteiger partial charge in [0.2, 0.25) is 0 Å². The highest BCUT2D eigenvalue weighted by atomic mass is 19.3.